The quantitative estimate of drug-likeness (QED) is 0.874. The van der Waals surface area contributed by atoms with Gasteiger partial charge in [0.15, 0.2) is 0 Å². The van der Waals surface area contributed by atoms with Crippen LogP contribution in [-0.4, -0.2) is 7.05 Å². The van der Waals surface area contributed by atoms with Crippen molar-refractivity contribution in [2.24, 2.45) is 5.92 Å². The largest absolute Gasteiger partial charge is 0.313 e. The van der Waals surface area contributed by atoms with Gasteiger partial charge in [0.25, 0.3) is 0 Å². The van der Waals surface area contributed by atoms with Crippen LogP contribution >= 0.6 is 0 Å². The zero-order valence-corrected chi connectivity index (χ0v) is 11.0. The topological polar surface area (TPSA) is 12.0 Å². The Balaban J connectivity index is 1.77. The molecule has 0 amide bonds. The zero-order valence-electron chi connectivity index (χ0n) is 11.0. The van der Waals surface area contributed by atoms with Gasteiger partial charge in [-0.2, -0.15) is 0 Å². The minimum Gasteiger partial charge on any atom is -0.313 e. The van der Waals surface area contributed by atoms with Gasteiger partial charge in [0.1, 0.15) is 5.82 Å². The normalized spacial score (nSPS) is 23.1. The molecular weight excluding hydrogens is 237 g/mol. The maximum Gasteiger partial charge on any atom is 0.123 e. The lowest BCUT2D eigenvalue weighted by Gasteiger charge is -2.17. The van der Waals surface area contributed by atoms with Gasteiger partial charge in [-0.25, -0.2) is 4.39 Å². The first kappa shape index (κ1) is 12.4. The van der Waals surface area contributed by atoms with Crippen LogP contribution < -0.4 is 5.32 Å². The van der Waals surface area contributed by atoms with Crippen molar-refractivity contribution in [1.82, 2.24) is 5.32 Å². The molecule has 1 N–H and O–H groups in total. The highest BCUT2D eigenvalue weighted by molar-refractivity contribution is 5.30. The smallest absolute Gasteiger partial charge is 0.123 e. The molecule has 0 radical (unpaired) electrons. The first-order valence-electron chi connectivity index (χ1n) is 6.77. The number of halogens is 1. The van der Waals surface area contributed by atoms with Gasteiger partial charge in [0, 0.05) is 6.04 Å². The van der Waals surface area contributed by atoms with Crippen LogP contribution in [0.4, 0.5) is 4.39 Å². The Morgan fingerprint density at radius 1 is 1.05 bits per heavy atom. The molecule has 3 atom stereocenters. The van der Waals surface area contributed by atoms with Gasteiger partial charge in [-0.15, -0.1) is 0 Å². The van der Waals surface area contributed by atoms with E-state index in [0.29, 0.717) is 17.9 Å². The van der Waals surface area contributed by atoms with Crippen molar-refractivity contribution >= 4 is 0 Å². The Labute approximate surface area is 113 Å². The molecule has 2 aromatic carbocycles. The highest BCUT2D eigenvalue weighted by atomic mass is 19.1. The third-order valence-electron chi connectivity index (χ3n) is 4.04. The molecule has 0 saturated heterocycles. The molecule has 3 unspecified atom stereocenters. The van der Waals surface area contributed by atoms with E-state index in [9.17, 15) is 4.39 Å². The molecule has 0 spiro atoms. The van der Waals surface area contributed by atoms with Crippen LogP contribution in [0.25, 0.3) is 0 Å². The number of rotatable bonds is 4. The van der Waals surface area contributed by atoms with Crippen LogP contribution in [0, 0.1) is 11.7 Å². The molecule has 3 rings (SSSR count). The molecule has 1 saturated carbocycles. The van der Waals surface area contributed by atoms with Gasteiger partial charge in [-0.05, 0) is 48.6 Å². The molecule has 1 nitrogen and oxygen atoms in total. The van der Waals surface area contributed by atoms with E-state index in [1.807, 2.05) is 19.2 Å². The zero-order chi connectivity index (χ0) is 13.2. The summed E-state index contributed by atoms with van der Waals surface area (Å²) in [4.78, 5) is 0. The fraction of sp³-hybridized carbons (Fsp3) is 0.294. The standard InChI is InChI=1S/C17H18FN/c1-19-17(13-7-9-14(18)10-8-13)16-11-15(16)12-5-3-2-4-6-12/h2-10,15-17,19H,11H2,1H3. The highest BCUT2D eigenvalue weighted by Gasteiger charge is 2.43. The number of hydrogen-bond acceptors (Lipinski definition) is 1. The summed E-state index contributed by atoms with van der Waals surface area (Å²) in [7, 11) is 1.98. The Kier molecular flexibility index (Phi) is 3.34. The SMILES string of the molecule is CNC(c1ccc(F)cc1)C1CC1c1ccccc1. The molecule has 98 valence electrons. The van der Waals surface area contributed by atoms with Gasteiger partial charge in [0.05, 0.1) is 0 Å². The van der Waals surface area contributed by atoms with Gasteiger partial charge in [-0.3, -0.25) is 0 Å². The second-order valence-corrected chi connectivity index (χ2v) is 5.23. The lowest BCUT2D eigenvalue weighted by molar-refractivity contribution is 0.516. The highest BCUT2D eigenvalue weighted by Crippen LogP contribution is 2.53. The first-order valence-corrected chi connectivity index (χ1v) is 6.77. The van der Waals surface area contributed by atoms with Crippen LogP contribution in [0.15, 0.2) is 54.6 Å². The monoisotopic (exact) mass is 255 g/mol. The van der Waals surface area contributed by atoms with Crippen LogP contribution in [0.2, 0.25) is 0 Å². The van der Waals surface area contributed by atoms with Crippen molar-refractivity contribution in [1.29, 1.82) is 0 Å². The average molecular weight is 255 g/mol. The summed E-state index contributed by atoms with van der Waals surface area (Å²) in [6, 6.07) is 17.8. The third-order valence-corrected chi connectivity index (χ3v) is 4.04. The predicted octanol–water partition coefficient (Wildman–Crippen LogP) is 3.89. The predicted molar refractivity (Wildman–Crippen MR) is 75.5 cm³/mol. The van der Waals surface area contributed by atoms with E-state index in [4.69, 9.17) is 0 Å². The van der Waals surface area contributed by atoms with Crippen molar-refractivity contribution < 1.29 is 4.39 Å². The van der Waals surface area contributed by atoms with Gasteiger partial charge in [-0.1, -0.05) is 42.5 Å². The van der Waals surface area contributed by atoms with E-state index in [1.54, 1.807) is 12.1 Å². The molecule has 19 heavy (non-hydrogen) atoms. The summed E-state index contributed by atoms with van der Waals surface area (Å²) in [5.74, 6) is 1.07. The van der Waals surface area contributed by atoms with E-state index in [-0.39, 0.29) is 5.82 Å². The molecule has 0 aliphatic heterocycles. The van der Waals surface area contributed by atoms with Crippen molar-refractivity contribution in [3.8, 4) is 0 Å². The Bertz CT molecular complexity index is 535. The third kappa shape index (κ3) is 2.54. The Hall–Kier alpha value is -1.67. The average Bonchev–Trinajstić information content (AvgIpc) is 3.23. The lowest BCUT2D eigenvalue weighted by Crippen LogP contribution is -2.19. The minimum absolute atomic E-state index is 0.172. The molecule has 0 aromatic heterocycles. The maximum atomic E-state index is 13.0. The van der Waals surface area contributed by atoms with Crippen molar-refractivity contribution in [3.05, 3.63) is 71.5 Å². The number of benzene rings is 2. The molecule has 0 heterocycles. The lowest BCUT2D eigenvalue weighted by atomic mass is 9.99. The van der Waals surface area contributed by atoms with E-state index in [2.05, 4.69) is 35.6 Å². The van der Waals surface area contributed by atoms with Crippen LogP contribution in [0.1, 0.15) is 29.5 Å². The number of nitrogens with one attached hydrogen (secondary N) is 1. The number of hydrogen-bond donors (Lipinski definition) is 1. The van der Waals surface area contributed by atoms with Crippen LogP contribution in [0.5, 0.6) is 0 Å². The molecule has 2 aromatic rings. The fourth-order valence-corrected chi connectivity index (χ4v) is 2.96. The van der Waals surface area contributed by atoms with Gasteiger partial charge >= 0.3 is 0 Å². The van der Waals surface area contributed by atoms with Crippen molar-refractivity contribution in [2.75, 3.05) is 7.05 Å². The van der Waals surface area contributed by atoms with Crippen molar-refractivity contribution in [3.63, 3.8) is 0 Å². The van der Waals surface area contributed by atoms with Crippen molar-refractivity contribution in [2.45, 2.75) is 18.4 Å². The Morgan fingerprint density at radius 2 is 1.74 bits per heavy atom. The van der Waals surface area contributed by atoms with Gasteiger partial charge < -0.3 is 5.32 Å². The second-order valence-electron chi connectivity index (χ2n) is 5.23. The summed E-state index contributed by atoms with van der Waals surface area (Å²) < 4.78 is 13.0. The molecular formula is C17H18FN. The summed E-state index contributed by atoms with van der Waals surface area (Å²) in [6.45, 7) is 0. The van der Waals surface area contributed by atoms with E-state index < -0.39 is 0 Å². The Morgan fingerprint density at radius 3 is 2.37 bits per heavy atom. The second kappa shape index (κ2) is 5.14. The first-order chi connectivity index (χ1) is 9.29. The van der Waals surface area contributed by atoms with Crippen LogP contribution in [-0.2, 0) is 0 Å². The minimum atomic E-state index is -0.172. The van der Waals surface area contributed by atoms with E-state index in [0.717, 1.165) is 0 Å². The maximum absolute atomic E-state index is 13.0. The molecule has 1 aliphatic rings. The molecule has 1 fully saturated rings. The molecule has 1 aliphatic carbocycles. The summed E-state index contributed by atoms with van der Waals surface area (Å²) in [5, 5.41) is 3.38. The summed E-state index contributed by atoms with van der Waals surface area (Å²) in [5.41, 5.74) is 2.59. The fourth-order valence-electron chi connectivity index (χ4n) is 2.96. The van der Waals surface area contributed by atoms with E-state index in [1.165, 1.54) is 17.5 Å². The summed E-state index contributed by atoms with van der Waals surface area (Å²) in [6.07, 6.45) is 1.20. The molecule has 0 bridgehead atoms. The molecule has 2 heteroatoms. The summed E-state index contributed by atoms with van der Waals surface area (Å²) >= 11 is 0. The van der Waals surface area contributed by atoms with Gasteiger partial charge in [0.2, 0.25) is 0 Å². The van der Waals surface area contributed by atoms with E-state index >= 15 is 0 Å². The van der Waals surface area contributed by atoms with Crippen LogP contribution in [0.3, 0.4) is 0 Å².